The van der Waals surface area contributed by atoms with E-state index in [0.717, 1.165) is 0 Å². The Morgan fingerprint density at radius 3 is 2.78 bits per heavy atom. The number of nitrogens with zero attached hydrogens (tertiary/aromatic N) is 2. The molecule has 1 saturated heterocycles. The van der Waals surface area contributed by atoms with Gasteiger partial charge < -0.3 is 16.0 Å². The van der Waals surface area contributed by atoms with Crippen molar-refractivity contribution in [2.75, 3.05) is 24.2 Å². The van der Waals surface area contributed by atoms with Crippen molar-refractivity contribution < 1.29 is 9.72 Å². The summed E-state index contributed by atoms with van der Waals surface area (Å²) < 4.78 is 0. The Labute approximate surface area is 103 Å². The van der Waals surface area contributed by atoms with Gasteiger partial charge in [-0.25, -0.2) is 4.98 Å². The Kier molecular flexibility index (Phi) is 3.26. The molecule has 2 heterocycles. The SMILES string of the molecule is CNc1cc([N+](=O)[O-])cc(NC2CNC(=O)C2)n1. The van der Waals surface area contributed by atoms with E-state index in [1.165, 1.54) is 12.1 Å². The third-order valence-corrected chi connectivity index (χ3v) is 2.61. The predicted octanol–water partition coefficient (Wildman–Crippen LogP) is 0.332. The van der Waals surface area contributed by atoms with Crippen LogP contribution in [-0.2, 0) is 4.79 Å². The number of carbonyl (C=O) groups is 1. The molecule has 18 heavy (non-hydrogen) atoms. The Hall–Kier alpha value is -2.38. The second kappa shape index (κ2) is 4.86. The molecule has 1 aliphatic heterocycles. The molecule has 1 fully saturated rings. The number of hydrogen-bond donors (Lipinski definition) is 3. The van der Waals surface area contributed by atoms with Gasteiger partial charge >= 0.3 is 0 Å². The number of hydrogen-bond acceptors (Lipinski definition) is 6. The molecule has 0 aromatic carbocycles. The molecule has 0 spiro atoms. The second-order valence-electron chi connectivity index (χ2n) is 3.95. The lowest BCUT2D eigenvalue weighted by Gasteiger charge is -2.11. The highest BCUT2D eigenvalue weighted by Crippen LogP contribution is 2.21. The highest BCUT2D eigenvalue weighted by Gasteiger charge is 2.22. The minimum absolute atomic E-state index is 0.0354. The number of nitrogens with one attached hydrogen (secondary N) is 3. The zero-order chi connectivity index (χ0) is 13.1. The van der Waals surface area contributed by atoms with Gasteiger partial charge in [0, 0.05) is 20.0 Å². The highest BCUT2D eigenvalue weighted by molar-refractivity contribution is 5.79. The molecule has 3 N–H and O–H groups in total. The molecule has 0 aliphatic carbocycles. The van der Waals surface area contributed by atoms with Crippen LogP contribution in [0.1, 0.15) is 6.42 Å². The summed E-state index contributed by atoms with van der Waals surface area (Å²) >= 11 is 0. The summed E-state index contributed by atoms with van der Waals surface area (Å²) in [6.07, 6.45) is 0.346. The van der Waals surface area contributed by atoms with Crippen LogP contribution in [0.2, 0.25) is 0 Å². The fourth-order valence-corrected chi connectivity index (χ4v) is 1.74. The fourth-order valence-electron chi connectivity index (χ4n) is 1.74. The van der Waals surface area contributed by atoms with E-state index in [1.54, 1.807) is 7.05 Å². The third kappa shape index (κ3) is 2.65. The number of amides is 1. The van der Waals surface area contributed by atoms with Crippen LogP contribution in [0.3, 0.4) is 0 Å². The number of anilines is 2. The normalized spacial score (nSPS) is 18.3. The van der Waals surface area contributed by atoms with Crippen LogP contribution in [0.5, 0.6) is 0 Å². The lowest BCUT2D eigenvalue weighted by atomic mass is 10.2. The molecule has 8 heteroatoms. The molecular formula is C10H13N5O3. The van der Waals surface area contributed by atoms with Crippen LogP contribution in [0.4, 0.5) is 17.3 Å². The Morgan fingerprint density at radius 1 is 1.50 bits per heavy atom. The van der Waals surface area contributed by atoms with Crippen LogP contribution in [0.25, 0.3) is 0 Å². The van der Waals surface area contributed by atoms with Gasteiger partial charge in [-0.1, -0.05) is 0 Å². The lowest BCUT2D eigenvalue weighted by molar-refractivity contribution is -0.384. The summed E-state index contributed by atoms with van der Waals surface area (Å²) in [5.41, 5.74) is -0.0471. The predicted molar refractivity (Wildman–Crippen MR) is 65.5 cm³/mol. The zero-order valence-electron chi connectivity index (χ0n) is 9.77. The average molecular weight is 251 g/mol. The smallest absolute Gasteiger partial charge is 0.276 e. The van der Waals surface area contributed by atoms with Crippen LogP contribution >= 0.6 is 0 Å². The van der Waals surface area contributed by atoms with E-state index in [4.69, 9.17) is 0 Å². The Balaban J connectivity index is 2.18. The summed E-state index contributed by atoms with van der Waals surface area (Å²) in [4.78, 5) is 25.5. The van der Waals surface area contributed by atoms with Crippen molar-refractivity contribution in [1.29, 1.82) is 0 Å². The third-order valence-electron chi connectivity index (χ3n) is 2.61. The van der Waals surface area contributed by atoms with Gasteiger partial charge in [0.15, 0.2) is 0 Å². The minimum Gasteiger partial charge on any atom is -0.373 e. The first-order valence-corrected chi connectivity index (χ1v) is 5.46. The van der Waals surface area contributed by atoms with Crippen LogP contribution < -0.4 is 16.0 Å². The van der Waals surface area contributed by atoms with Gasteiger partial charge in [-0.2, -0.15) is 0 Å². The van der Waals surface area contributed by atoms with Gasteiger partial charge in [0.05, 0.1) is 23.1 Å². The van der Waals surface area contributed by atoms with E-state index in [1.807, 2.05) is 0 Å². The van der Waals surface area contributed by atoms with Crippen LogP contribution in [0, 0.1) is 10.1 Å². The van der Waals surface area contributed by atoms with Gasteiger partial charge in [-0.3, -0.25) is 14.9 Å². The molecule has 0 saturated carbocycles. The minimum atomic E-state index is -0.480. The molecule has 1 unspecified atom stereocenters. The molecule has 2 rings (SSSR count). The maximum absolute atomic E-state index is 11.0. The number of pyridine rings is 1. The quantitative estimate of drug-likeness (QED) is 0.525. The summed E-state index contributed by atoms with van der Waals surface area (Å²) in [6.45, 7) is 0.498. The van der Waals surface area contributed by atoms with Gasteiger partial charge in [-0.15, -0.1) is 0 Å². The first-order chi connectivity index (χ1) is 8.58. The van der Waals surface area contributed by atoms with Gasteiger partial charge in [0.2, 0.25) is 5.91 Å². The van der Waals surface area contributed by atoms with Crippen molar-refractivity contribution in [1.82, 2.24) is 10.3 Å². The van der Waals surface area contributed by atoms with Gasteiger partial charge in [-0.05, 0) is 0 Å². The average Bonchev–Trinajstić information content (AvgIpc) is 2.74. The standard InChI is InChI=1S/C10H13N5O3/c1-11-8-3-7(15(17)18)4-9(14-8)13-6-2-10(16)12-5-6/h3-4,6H,2,5H2,1H3,(H,12,16)(H2,11,13,14). The highest BCUT2D eigenvalue weighted by atomic mass is 16.6. The first kappa shape index (κ1) is 12.1. The van der Waals surface area contributed by atoms with Crippen molar-refractivity contribution in [3.8, 4) is 0 Å². The maximum Gasteiger partial charge on any atom is 0.276 e. The Bertz CT molecular complexity index is 490. The monoisotopic (exact) mass is 251 g/mol. The number of aromatic nitrogens is 1. The zero-order valence-corrected chi connectivity index (χ0v) is 9.77. The van der Waals surface area contributed by atoms with Crippen molar-refractivity contribution in [2.24, 2.45) is 0 Å². The van der Waals surface area contributed by atoms with E-state index in [2.05, 4.69) is 20.9 Å². The summed E-state index contributed by atoms with van der Waals surface area (Å²) in [6, 6.07) is 2.61. The molecule has 8 nitrogen and oxygen atoms in total. The summed E-state index contributed by atoms with van der Waals surface area (Å²) in [5, 5.41) is 19.2. The largest absolute Gasteiger partial charge is 0.373 e. The van der Waals surface area contributed by atoms with Crippen molar-refractivity contribution >= 4 is 23.2 Å². The molecule has 1 atom stereocenters. The van der Waals surface area contributed by atoms with Crippen molar-refractivity contribution in [2.45, 2.75) is 12.5 Å². The molecular weight excluding hydrogens is 238 g/mol. The molecule has 1 aromatic heterocycles. The fraction of sp³-hybridized carbons (Fsp3) is 0.400. The van der Waals surface area contributed by atoms with Gasteiger partial charge in [0.25, 0.3) is 5.69 Å². The number of rotatable bonds is 4. The molecule has 1 amide bonds. The van der Waals surface area contributed by atoms with Gasteiger partial charge in [0.1, 0.15) is 11.6 Å². The first-order valence-electron chi connectivity index (χ1n) is 5.46. The van der Waals surface area contributed by atoms with Crippen LogP contribution in [0.15, 0.2) is 12.1 Å². The molecule has 0 bridgehead atoms. The molecule has 0 radical (unpaired) electrons. The van der Waals surface area contributed by atoms with Crippen molar-refractivity contribution in [3.63, 3.8) is 0 Å². The maximum atomic E-state index is 11.0. The van der Waals surface area contributed by atoms with E-state index < -0.39 is 4.92 Å². The summed E-state index contributed by atoms with van der Waals surface area (Å²) in [7, 11) is 1.64. The molecule has 96 valence electrons. The topological polar surface area (TPSA) is 109 Å². The number of carbonyl (C=O) groups excluding carboxylic acids is 1. The second-order valence-corrected chi connectivity index (χ2v) is 3.95. The van der Waals surface area contributed by atoms with Crippen LogP contribution in [-0.4, -0.2) is 35.4 Å². The van der Waals surface area contributed by atoms with Crippen molar-refractivity contribution in [3.05, 3.63) is 22.2 Å². The Morgan fingerprint density at radius 2 is 2.22 bits per heavy atom. The molecule has 1 aromatic rings. The van der Waals surface area contributed by atoms with E-state index in [9.17, 15) is 14.9 Å². The van der Waals surface area contributed by atoms with E-state index in [0.29, 0.717) is 24.6 Å². The number of nitro groups is 1. The summed E-state index contributed by atoms with van der Waals surface area (Å²) in [5.74, 6) is 0.755. The van der Waals surface area contributed by atoms with E-state index in [-0.39, 0.29) is 17.6 Å². The molecule has 1 aliphatic rings. The lowest BCUT2D eigenvalue weighted by Crippen LogP contribution is -2.23. The van der Waals surface area contributed by atoms with E-state index >= 15 is 0 Å².